The van der Waals surface area contributed by atoms with Gasteiger partial charge in [0, 0.05) is 0 Å². The van der Waals surface area contributed by atoms with Crippen molar-refractivity contribution in [2.75, 3.05) is 13.2 Å². The van der Waals surface area contributed by atoms with Gasteiger partial charge < -0.3 is 9.47 Å². The molecule has 0 radical (unpaired) electrons. The Morgan fingerprint density at radius 2 is 1.85 bits per heavy atom. The first-order valence-electron chi connectivity index (χ1n) is 7.66. The molecule has 1 aromatic carbocycles. The molecule has 0 atom stereocenters. The highest BCUT2D eigenvalue weighted by Gasteiger charge is 2.17. The Labute approximate surface area is 122 Å². The fourth-order valence-electron chi connectivity index (χ4n) is 2.01. The van der Waals surface area contributed by atoms with E-state index in [1.165, 1.54) is 0 Å². The minimum absolute atomic E-state index is 0.294. The van der Waals surface area contributed by atoms with E-state index in [1.54, 1.807) is 6.07 Å². The summed E-state index contributed by atoms with van der Waals surface area (Å²) in [6.07, 6.45) is 5.22. The van der Waals surface area contributed by atoms with Gasteiger partial charge in [-0.25, -0.2) is 4.79 Å². The number of benzene rings is 1. The number of para-hydroxylation sites is 1. The molecule has 112 valence electrons. The first kappa shape index (κ1) is 16.5. The van der Waals surface area contributed by atoms with Crippen LogP contribution in [0, 0.1) is 0 Å². The minimum Gasteiger partial charge on any atom is -0.492 e. The summed E-state index contributed by atoms with van der Waals surface area (Å²) < 4.78 is 11.0. The highest BCUT2D eigenvalue weighted by atomic mass is 16.5. The highest BCUT2D eigenvalue weighted by molar-refractivity contribution is 5.93. The maximum atomic E-state index is 12.0. The van der Waals surface area contributed by atoms with E-state index in [1.807, 2.05) is 19.1 Å². The number of unbranched alkanes of at least 4 members (excludes halogenated alkanes) is 2. The number of ether oxygens (including phenoxy) is 2. The van der Waals surface area contributed by atoms with Crippen LogP contribution in [0.25, 0.3) is 0 Å². The van der Waals surface area contributed by atoms with Crippen LogP contribution in [0.4, 0.5) is 0 Å². The molecule has 20 heavy (non-hydrogen) atoms. The number of hydrogen-bond donors (Lipinski definition) is 0. The van der Waals surface area contributed by atoms with E-state index in [4.69, 9.17) is 9.47 Å². The molecule has 0 heterocycles. The average molecular weight is 278 g/mol. The average Bonchev–Trinajstić information content (AvgIpc) is 2.46. The van der Waals surface area contributed by atoms with Gasteiger partial charge in [-0.05, 0) is 37.8 Å². The summed E-state index contributed by atoms with van der Waals surface area (Å²) in [5, 5.41) is 0. The molecule has 0 aliphatic rings. The summed E-state index contributed by atoms with van der Waals surface area (Å²) in [7, 11) is 0. The van der Waals surface area contributed by atoms with Crippen LogP contribution in [0.1, 0.15) is 62.4 Å². The van der Waals surface area contributed by atoms with Crippen LogP contribution in [0.3, 0.4) is 0 Å². The second-order valence-corrected chi connectivity index (χ2v) is 4.82. The van der Waals surface area contributed by atoms with E-state index >= 15 is 0 Å². The van der Waals surface area contributed by atoms with Crippen molar-refractivity contribution in [2.45, 2.75) is 52.9 Å². The number of rotatable bonds is 9. The van der Waals surface area contributed by atoms with Gasteiger partial charge in [0.05, 0.1) is 13.2 Å². The van der Waals surface area contributed by atoms with E-state index in [0.717, 1.165) is 37.7 Å². The number of carbonyl (C=O) groups is 1. The molecule has 3 heteroatoms. The smallest absolute Gasteiger partial charge is 0.341 e. The second-order valence-electron chi connectivity index (χ2n) is 4.82. The SMILES string of the molecule is CCCCOc1c(CCCC)cccc1C(=O)OCC. The van der Waals surface area contributed by atoms with Gasteiger partial charge in [-0.1, -0.05) is 38.8 Å². The van der Waals surface area contributed by atoms with Crippen molar-refractivity contribution < 1.29 is 14.3 Å². The Balaban J connectivity index is 2.97. The lowest BCUT2D eigenvalue weighted by Gasteiger charge is -2.15. The zero-order chi connectivity index (χ0) is 14.8. The van der Waals surface area contributed by atoms with Gasteiger partial charge in [0.25, 0.3) is 0 Å². The monoisotopic (exact) mass is 278 g/mol. The van der Waals surface area contributed by atoms with Crippen molar-refractivity contribution in [2.24, 2.45) is 0 Å². The predicted octanol–water partition coefficient (Wildman–Crippen LogP) is 4.38. The van der Waals surface area contributed by atoms with Crippen LogP contribution < -0.4 is 4.74 Å². The van der Waals surface area contributed by atoms with Crippen molar-refractivity contribution in [1.29, 1.82) is 0 Å². The van der Waals surface area contributed by atoms with Crippen molar-refractivity contribution in [3.63, 3.8) is 0 Å². The van der Waals surface area contributed by atoms with Crippen LogP contribution in [0.2, 0.25) is 0 Å². The van der Waals surface area contributed by atoms with E-state index in [0.29, 0.717) is 24.5 Å². The molecule has 1 aromatic rings. The van der Waals surface area contributed by atoms with Crippen LogP contribution in [-0.4, -0.2) is 19.2 Å². The third-order valence-corrected chi connectivity index (χ3v) is 3.14. The van der Waals surface area contributed by atoms with Gasteiger partial charge in [-0.2, -0.15) is 0 Å². The van der Waals surface area contributed by atoms with Crippen molar-refractivity contribution >= 4 is 5.97 Å². The summed E-state index contributed by atoms with van der Waals surface area (Å²) in [5.74, 6) is 0.421. The van der Waals surface area contributed by atoms with Crippen LogP contribution in [-0.2, 0) is 11.2 Å². The largest absolute Gasteiger partial charge is 0.492 e. The minimum atomic E-state index is -0.294. The fourth-order valence-corrected chi connectivity index (χ4v) is 2.01. The van der Waals surface area contributed by atoms with Gasteiger partial charge >= 0.3 is 5.97 Å². The van der Waals surface area contributed by atoms with Crippen molar-refractivity contribution in [1.82, 2.24) is 0 Å². The van der Waals surface area contributed by atoms with Gasteiger partial charge in [-0.15, -0.1) is 0 Å². The van der Waals surface area contributed by atoms with Gasteiger partial charge in [-0.3, -0.25) is 0 Å². The number of esters is 1. The van der Waals surface area contributed by atoms with E-state index in [9.17, 15) is 4.79 Å². The second kappa shape index (κ2) is 9.40. The van der Waals surface area contributed by atoms with Crippen LogP contribution in [0.5, 0.6) is 5.75 Å². The molecular formula is C17H26O3. The summed E-state index contributed by atoms with van der Waals surface area (Å²) in [5.41, 5.74) is 1.66. The normalized spacial score (nSPS) is 10.3. The van der Waals surface area contributed by atoms with E-state index < -0.39 is 0 Å². The fraction of sp³-hybridized carbons (Fsp3) is 0.588. The van der Waals surface area contributed by atoms with Crippen LogP contribution >= 0.6 is 0 Å². The molecule has 0 fully saturated rings. The maximum absolute atomic E-state index is 12.0. The molecule has 0 aliphatic heterocycles. The molecule has 3 nitrogen and oxygen atoms in total. The molecule has 0 aromatic heterocycles. The Morgan fingerprint density at radius 3 is 2.50 bits per heavy atom. The predicted molar refractivity (Wildman–Crippen MR) is 81.4 cm³/mol. The van der Waals surface area contributed by atoms with Crippen LogP contribution in [0.15, 0.2) is 18.2 Å². The number of aryl methyl sites for hydroxylation is 1. The molecule has 1 rings (SSSR count). The molecular weight excluding hydrogens is 252 g/mol. The summed E-state index contributed by atoms with van der Waals surface area (Å²) in [6, 6.07) is 5.73. The van der Waals surface area contributed by atoms with Crippen molar-refractivity contribution in [3.8, 4) is 5.75 Å². The number of hydrogen-bond acceptors (Lipinski definition) is 3. The van der Waals surface area contributed by atoms with E-state index in [-0.39, 0.29) is 5.97 Å². The Kier molecular flexibility index (Phi) is 7.78. The van der Waals surface area contributed by atoms with Crippen molar-refractivity contribution in [3.05, 3.63) is 29.3 Å². The van der Waals surface area contributed by atoms with Gasteiger partial charge in [0.2, 0.25) is 0 Å². The molecule has 0 amide bonds. The lowest BCUT2D eigenvalue weighted by Crippen LogP contribution is -2.10. The summed E-state index contributed by atoms with van der Waals surface area (Å²) in [6.45, 7) is 7.13. The first-order valence-corrected chi connectivity index (χ1v) is 7.66. The Morgan fingerprint density at radius 1 is 1.10 bits per heavy atom. The number of carbonyl (C=O) groups excluding carboxylic acids is 1. The molecule has 0 unspecified atom stereocenters. The summed E-state index contributed by atoms with van der Waals surface area (Å²) in [4.78, 5) is 12.0. The molecule has 0 saturated heterocycles. The molecule has 0 N–H and O–H groups in total. The van der Waals surface area contributed by atoms with Gasteiger partial charge in [0.1, 0.15) is 11.3 Å². The first-order chi connectivity index (χ1) is 9.74. The van der Waals surface area contributed by atoms with E-state index in [2.05, 4.69) is 13.8 Å². The standard InChI is InChI=1S/C17H26O3/c1-4-7-10-14-11-9-12-15(17(18)19-6-3)16(14)20-13-8-5-2/h9,11-12H,4-8,10,13H2,1-3H3. The lowest BCUT2D eigenvalue weighted by atomic mass is 10.0. The quantitative estimate of drug-likeness (QED) is 0.496. The maximum Gasteiger partial charge on any atom is 0.341 e. The highest BCUT2D eigenvalue weighted by Crippen LogP contribution is 2.27. The molecule has 0 aliphatic carbocycles. The molecule has 0 bridgehead atoms. The Hall–Kier alpha value is -1.51. The topological polar surface area (TPSA) is 35.5 Å². The molecule has 0 saturated carbocycles. The Bertz CT molecular complexity index is 413. The lowest BCUT2D eigenvalue weighted by molar-refractivity contribution is 0.0521. The van der Waals surface area contributed by atoms with Gasteiger partial charge in [0.15, 0.2) is 0 Å². The summed E-state index contributed by atoms with van der Waals surface area (Å²) >= 11 is 0. The molecule has 0 spiro atoms. The zero-order valence-electron chi connectivity index (χ0n) is 12.9. The zero-order valence-corrected chi connectivity index (χ0v) is 12.9. The third kappa shape index (κ3) is 4.87. The third-order valence-electron chi connectivity index (χ3n) is 3.14.